The van der Waals surface area contributed by atoms with Crippen molar-refractivity contribution in [1.82, 2.24) is 4.98 Å². The fourth-order valence-corrected chi connectivity index (χ4v) is 5.64. The number of carbonyl (C=O) groups is 2. The second-order valence-electron chi connectivity index (χ2n) is 11.3. The number of thiazole rings is 1. The second kappa shape index (κ2) is 10.8. The molecule has 0 radical (unpaired) electrons. The number of hydrogen-bond acceptors (Lipinski definition) is 8. The van der Waals surface area contributed by atoms with Crippen LogP contribution in [0.1, 0.15) is 84.3 Å². The predicted molar refractivity (Wildman–Crippen MR) is 136 cm³/mol. The monoisotopic (exact) mass is 507 g/mol. The van der Waals surface area contributed by atoms with Crippen molar-refractivity contribution in [3.8, 4) is 0 Å². The van der Waals surface area contributed by atoms with E-state index >= 15 is 0 Å². The van der Waals surface area contributed by atoms with Crippen molar-refractivity contribution < 1.29 is 29.3 Å². The minimum Gasteiger partial charge on any atom is -0.458 e. The number of hydrogen-bond donors (Lipinski definition) is 2. The number of carbonyl (C=O) groups excluding carboxylic acids is 2. The number of ketones is 1. The molecule has 196 valence electrons. The Hall–Kier alpha value is -1.61. The molecule has 2 unspecified atom stereocenters. The molecule has 2 N–H and O–H groups in total. The molecule has 8 heteroatoms. The SMILES string of the molecule is C/C(=C\c1csc(C)n1)[C@@H]1C[C@@H]2O[C@]2(C)CCCC(C)[C@H](O)C(C)C(=O)C(C)(C)[C@@H](O)CC(=O)O1. The van der Waals surface area contributed by atoms with Gasteiger partial charge in [0, 0.05) is 17.7 Å². The maximum Gasteiger partial charge on any atom is 0.309 e. The van der Waals surface area contributed by atoms with Crippen molar-refractivity contribution in [3.05, 3.63) is 21.7 Å². The highest BCUT2D eigenvalue weighted by Crippen LogP contribution is 2.45. The third kappa shape index (κ3) is 6.59. The number of nitrogens with zero attached hydrogens (tertiary/aromatic N) is 1. The van der Waals surface area contributed by atoms with Gasteiger partial charge in [0.25, 0.3) is 0 Å². The summed E-state index contributed by atoms with van der Waals surface area (Å²) in [4.78, 5) is 30.6. The molecule has 1 aromatic heterocycles. The van der Waals surface area contributed by atoms with Crippen molar-refractivity contribution in [1.29, 1.82) is 0 Å². The highest BCUT2D eigenvalue weighted by molar-refractivity contribution is 7.09. The smallest absolute Gasteiger partial charge is 0.309 e. The van der Waals surface area contributed by atoms with Crippen LogP contribution >= 0.6 is 11.3 Å². The van der Waals surface area contributed by atoms with Crippen molar-refractivity contribution in [2.45, 2.75) is 111 Å². The molecule has 1 aromatic rings. The highest BCUT2D eigenvalue weighted by Gasteiger charge is 2.53. The molecular weight excluding hydrogens is 466 g/mol. The summed E-state index contributed by atoms with van der Waals surface area (Å²) in [6.07, 6.45) is 1.98. The minimum atomic E-state index is -1.23. The van der Waals surface area contributed by atoms with E-state index in [1.165, 1.54) is 0 Å². The van der Waals surface area contributed by atoms with E-state index in [0.717, 1.165) is 35.5 Å². The highest BCUT2D eigenvalue weighted by atomic mass is 32.1. The van der Waals surface area contributed by atoms with E-state index < -0.39 is 35.6 Å². The average molecular weight is 508 g/mol. The number of cyclic esters (lactones) is 1. The molecule has 3 rings (SSSR count). The van der Waals surface area contributed by atoms with Crippen molar-refractivity contribution in [2.24, 2.45) is 17.3 Å². The Morgan fingerprint density at radius 3 is 2.54 bits per heavy atom. The fraction of sp³-hybridized carbons (Fsp3) is 0.741. The van der Waals surface area contributed by atoms with Gasteiger partial charge in [0.15, 0.2) is 0 Å². The summed E-state index contributed by atoms with van der Waals surface area (Å²) in [5, 5.41) is 24.6. The lowest BCUT2D eigenvalue weighted by Crippen LogP contribution is -2.45. The first-order valence-electron chi connectivity index (χ1n) is 12.6. The number of fused-ring (bicyclic) bond motifs is 1. The van der Waals surface area contributed by atoms with Gasteiger partial charge in [-0.25, -0.2) is 4.98 Å². The maximum absolute atomic E-state index is 13.2. The van der Waals surface area contributed by atoms with Gasteiger partial charge >= 0.3 is 5.97 Å². The van der Waals surface area contributed by atoms with Crippen LogP contribution in [0.3, 0.4) is 0 Å². The number of aliphatic hydroxyl groups excluding tert-OH is 2. The Balaban J connectivity index is 1.85. The van der Waals surface area contributed by atoms with E-state index in [1.807, 2.05) is 32.2 Å². The van der Waals surface area contributed by atoms with Gasteiger partial charge in [0.2, 0.25) is 0 Å². The van der Waals surface area contributed by atoms with Gasteiger partial charge in [0.05, 0.1) is 46.5 Å². The number of aliphatic hydroxyl groups is 2. The van der Waals surface area contributed by atoms with Crippen molar-refractivity contribution in [2.75, 3.05) is 0 Å². The second-order valence-corrected chi connectivity index (χ2v) is 12.3. The normalized spacial score (nSPS) is 37.5. The van der Waals surface area contributed by atoms with Crippen LogP contribution in [-0.4, -0.2) is 57.0 Å². The summed E-state index contributed by atoms with van der Waals surface area (Å²) in [5.41, 5.74) is 0.179. The van der Waals surface area contributed by atoms with Crippen LogP contribution in [-0.2, 0) is 19.1 Å². The molecule has 2 saturated heterocycles. The zero-order valence-electron chi connectivity index (χ0n) is 22.0. The molecule has 0 spiro atoms. The van der Waals surface area contributed by atoms with Gasteiger partial charge in [-0.3, -0.25) is 9.59 Å². The van der Waals surface area contributed by atoms with Crippen molar-refractivity contribution >= 4 is 29.2 Å². The summed E-state index contributed by atoms with van der Waals surface area (Å²) in [6.45, 7) is 12.8. The van der Waals surface area contributed by atoms with E-state index in [1.54, 1.807) is 32.1 Å². The van der Waals surface area contributed by atoms with Crippen LogP contribution in [0.5, 0.6) is 0 Å². The first kappa shape index (κ1) is 28.0. The first-order valence-corrected chi connectivity index (χ1v) is 13.5. The number of epoxide rings is 1. The number of rotatable bonds is 2. The quantitative estimate of drug-likeness (QED) is 0.449. The molecule has 7 atom stereocenters. The molecule has 7 nitrogen and oxygen atoms in total. The summed E-state index contributed by atoms with van der Waals surface area (Å²) in [7, 11) is 0. The molecular formula is C27H41NO6S. The van der Waals surface area contributed by atoms with Crippen LogP contribution in [0.4, 0.5) is 0 Å². The number of esters is 1. The molecule has 0 bridgehead atoms. The molecule has 2 fully saturated rings. The zero-order chi connectivity index (χ0) is 26.1. The van der Waals surface area contributed by atoms with Crippen LogP contribution in [0.2, 0.25) is 0 Å². The number of Topliss-reactive ketones (excluding diaryl/α,β-unsaturated/α-hetero) is 1. The van der Waals surface area contributed by atoms with Gasteiger partial charge < -0.3 is 19.7 Å². The third-order valence-electron chi connectivity index (χ3n) is 7.93. The molecule has 0 aromatic carbocycles. The summed E-state index contributed by atoms with van der Waals surface area (Å²) >= 11 is 1.56. The van der Waals surface area contributed by atoms with E-state index in [4.69, 9.17) is 9.47 Å². The van der Waals surface area contributed by atoms with Gasteiger partial charge in [-0.1, -0.05) is 34.1 Å². The average Bonchev–Trinajstić information content (AvgIpc) is 3.22. The molecule has 2 aliphatic heterocycles. The van der Waals surface area contributed by atoms with E-state index in [9.17, 15) is 19.8 Å². The molecule has 0 amide bonds. The standard InChI is InChI=1S/C27H41NO6S/c1-15-9-8-10-27(7)22(34-27)12-20(16(2)11-19-14-35-18(4)28-19)33-23(30)13-21(29)26(5,6)25(32)17(3)24(15)31/h11,14-15,17,20-22,24,29,31H,8-10,12-13H2,1-7H3/b16-11+/t15?,17?,20-,21-,22-,24-,27+/m0/s1. The van der Waals surface area contributed by atoms with Crippen LogP contribution in [0.25, 0.3) is 6.08 Å². The number of aromatic nitrogens is 1. The topological polar surface area (TPSA) is 109 Å². The van der Waals surface area contributed by atoms with E-state index in [2.05, 4.69) is 11.9 Å². The predicted octanol–water partition coefficient (Wildman–Crippen LogP) is 4.48. The van der Waals surface area contributed by atoms with Gasteiger partial charge in [0.1, 0.15) is 11.9 Å². The van der Waals surface area contributed by atoms with Gasteiger partial charge in [-0.2, -0.15) is 0 Å². The van der Waals surface area contributed by atoms with E-state index in [-0.39, 0.29) is 29.8 Å². The first-order chi connectivity index (χ1) is 16.2. The Kier molecular flexibility index (Phi) is 8.62. The van der Waals surface area contributed by atoms with Gasteiger partial charge in [-0.05, 0) is 51.2 Å². The summed E-state index contributed by atoms with van der Waals surface area (Å²) in [5.74, 6) is -1.55. The number of ether oxygens (including phenoxy) is 2. The lowest BCUT2D eigenvalue weighted by Gasteiger charge is -2.34. The molecule has 2 aliphatic rings. The Bertz CT molecular complexity index is 955. The zero-order valence-corrected chi connectivity index (χ0v) is 22.9. The third-order valence-corrected chi connectivity index (χ3v) is 8.72. The molecule has 35 heavy (non-hydrogen) atoms. The van der Waals surface area contributed by atoms with Crippen LogP contribution in [0.15, 0.2) is 11.0 Å². The lowest BCUT2D eigenvalue weighted by molar-refractivity contribution is -0.154. The lowest BCUT2D eigenvalue weighted by atomic mass is 9.73. The Morgan fingerprint density at radius 2 is 1.91 bits per heavy atom. The van der Waals surface area contributed by atoms with Gasteiger partial charge in [-0.15, -0.1) is 11.3 Å². The van der Waals surface area contributed by atoms with Crippen molar-refractivity contribution in [3.63, 3.8) is 0 Å². The molecule has 0 saturated carbocycles. The Morgan fingerprint density at radius 1 is 1.23 bits per heavy atom. The largest absolute Gasteiger partial charge is 0.458 e. The maximum atomic E-state index is 13.2. The van der Waals surface area contributed by atoms with Crippen LogP contribution < -0.4 is 0 Å². The van der Waals surface area contributed by atoms with E-state index in [0.29, 0.717) is 6.42 Å². The molecule has 3 heterocycles. The number of aryl methyl sites for hydroxylation is 1. The fourth-order valence-electron chi connectivity index (χ4n) is 5.07. The molecule has 0 aliphatic carbocycles. The summed E-state index contributed by atoms with van der Waals surface area (Å²) < 4.78 is 11.9. The Labute approximate surface area is 212 Å². The minimum absolute atomic E-state index is 0.0455. The summed E-state index contributed by atoms with van der Waals surface area (Å²) in [6, 6.07) is 0. The van der Waals surface area contributed by atoms with Crippen LogP contribution in [0, 0.1) is 24.2 Å².